The van der Waals surface area contributed by atoms with E-state index < -0.39 is 11.6 Å². The molecule has 1 N–H and O–H groups in total. The van der Waals surface area contributed by atoms with Gasteiger partial charge in [0.15, 0.2) is 0 Å². The molecule has 0 aliphatic rings. The number of hydrogen-bond acceptors (Lipinski definition) is 6. The van der Waals surface area contributed by atoms with E-state index in [1.807, 2.05) is 32.9 Å². The first kappa shape index (κ1) is 19.7. The van der Waals surface area contributed by atoms with Gasteiger partial charge in [0, 0.05) is 11.9 Å². The minimum atomic E-state index is -0.516. The molecule has 1 heterocycles. The first-order valence-corrected chi connectivity index (χ1v) is 8.37. The monoisotopic (exact) mass is 376 g/mol. The average molecular weight is 377 g/mol. The number of benzene rings is 1. The highest BCUT2D eigenvalue weighted by atomic mass is 35.5. The fourth-order valence-electron chi connectivity index (χ4n) is 2.21. The van der Waals surface area contributed by atoms with Crippen molar-refractivity contribution < 1.29 is 19.1 Å². The second-order valence-corrected chi connectivity index (χ2v) is 7.02. The summed E-state index contributed by atoms with van der Waals surface area (Å²) in [7, 11) is 1.30. The Morgan fingerprint density at radius 2 is 1.85 bits per heavy atom. The number of aromatic nitrogens is 1. The predicted molar refractivity (Wildman–Crippen MR) is 99.9 cm³/mol. The van der Waals surface area contributed by atoms with E-state index in [2.05, 4.69) is 10.3 Å². The summed E-state index contributed by atoms with van der Waals surface area (Å²) in [5, 5.41) is 3.36. The topological polar surface area (TPSA) is 77.5 Å². The minimum absolute atomic E-state index is 0.187. The molecule has 0 amide bonds. The van der Waals surface area contributed by atoms with E-state index in [0.717, 1.165) is 11.3 Å². The van der Waals surface area contributed by atoms with Crippen molar-refractivity contribution in [3.63, 3.8) is 0 Å². The van der Waals surface area contributed by atoms with Gasteiger partial charge in [-0.15, -0.1) is 0 Å². The zero-order valence-electron chi connectivity index (χ0n) is 15.1. The SMILES string of the molecule is COC(=O)c1cnc(Cl)cc1Nc1ccc(CC(=O)OC(C)(C)C)cc1. The lowest BCUT2D eigenvalue weighted by Crippen LogP contribution is -2.24. The number of hydrogen-bond donors (Lipinski definition) is 1. The van der Waals surface area contributed by atoms with Gasteiger partial charge in [0.2, 0.25) is 0 Å². The van der Waals surface area contributed by atoms with Crippen molar-refractivity contribution in [3.05, 3.63) is 52.8 Å². The van der Waals surface area contributed by atoms with Crippen LogP contribution in [0.25, 0.3) is 0 Å². The quantitative estimate of drug-likeness (QED) is 0.624. The fourth-order valence-corrected chi connectivity index (χ4v) is 2.37. The third-order valence-corrected chi connectivity index (χ3v) is 3.48. The molecule has 0 saturated carbocycles. The van der Waals surface area contributed by atoms with Crippen LogP contribution in [0.4, 0.5) is 11.4 Å². The number of carbonyl (C=O) groups is 2. The maximum Gasteiger partial charge on any atom is 0.341 e. The Kier molecular flexibility index (Phi) is 6.21. The average Bonchev–Trinajstić information content (AvgIpc) is 2.54. The number of rotatable bonds is 5. The molecule has 0 fully saturated rings. The number of methoxy groups -OCH3 is 1. The van der Waals surface area contributed by atoms with Gasteiger partial charge < -0.3 is 14.8 Å². The highest BCUT2D eigenvalue weighted by molar-refractivity contribution is 6.29. The molecule has 0 unspecified atom stereocenters. The number of nitrogens with zero attached hydrogens (tertiary/aromatic N) is 1. The lowest BCUT2D eigenvalue weighted by molar-refractivity contribution is -0.153. The van der Waals surface area contributed by atoms with Crippen molar-refractivity contribution >= 4 is 34.9 Å². The van der Waals surface area contributed by atoms with E-state index in [9.17, 15) is 9.59 Å². The molecule has 7 heteroatoms. The van der Waals surface area contributed by atoms with Crippen molar-refractivity contribution in [1.82, 2.24) is 4.98 Å². The van der Waals surface area contributed by atoms with Gasteiger partial charge in [-0.3, -0.25) is 4.79 Å². The number of halogens is 1. The van der Waals surface area contributed by atoms with Crippen LogP contribution < -0.4 is 5.32 Å². The van der Waals surface area contributed by atoms with Crippen LogP contribution in [0.5, 0.6) is 0 Å². The normalized spacial score (nSPS) is 11.0. The number of esters is 2. The van der Waals surface area contributed by atoms with Crippen LogP contribution in [0.1, 0.15) is 36.7 Å². The molecular weight excluding hydrogens is 356 g/mol. The lowest BCUT2D eigenvalue weighted by Gasteiger charge is -2.19. The third kappa shape index (κ3) is 5.74. The van der Waals surface area contributed by atoms with Gasteiger partial charge in [-0.25, -0.2) is 9.78 Å². The number of ether oxygens (including phenoxy) is 2. The molecule has 1 aromatic carbocycles. The summed E-state index contributed by atoms with van der Waals surface area (Å²) in [5.41, 5.74) is 1.80. The Hall–Kier alpha value is -2.60. The minimum Gasteiger partial charge on any atom is -0.465 e. The van der Waals surface area contributed by atoms with Crippen LogP contribution in [0.3, 0.4) is 0 Å². The van der Waals surface area contributed by atoms with E-state index in [-0.39, 0.29) is 23.1 Å². The molecule has 0 bridgehead atoms. The van der Waals surface area contributed by atoms with Crippen molar-refractivity contribution in [2.24, 2.45) is 0 Å². The van der Waals surface area contributed by atoms with Crippen molar-refractivity contribution in [1.29, 1.82) is 0 Å². The Morgan fingerprint density at radius 3 is 2.42 bits per heavy atom. The molecule has 2 aromatic rings. The van der Waals surface area contributed by atoms with E-state index in [0.29, 0.717) is 5.69 Å². The van der Waals surface area contributed by atoms with Crippen LogP contribution in [0.15, 0.2) is 36.5 Å². The largest absolute Gasteiger partial charge is 0.465 e. The summed E-state index contributed by atoms with van der Waals surface area (Å²) in [4.78, 5) is 27.6. The van der Waals surface area contributed by atoms with Gasteiger partial charge in [-0.05, 0) is 44.5 Å². The Morgan fingerprint density at radius 1 is 1.19 bits per heavy atom. The maximum atomic E-state index is 11.9. The molecule has 2 rings (SSSR count). The van der Waals surface area contributed by atoms with Crippen LogP contribution >= 0.6 is 11.6 Å². The molecule has 1 aromatic heterocycles. The van der Waals surface area contributed by atoms with Gasteiger partial charge in [0.25, 0.3) is 0 Å². The zero-order chi connectivity index (χ0) is 19.3. The van der Waals surface area contributed by atoms with Crippen LogP contribution in [0.2, 0.25) is 5.15 Å². The Bertz CT molecular complexity index is 798. The van der Waals surface area contributed by atoms with Gasteiger partial charge in [0.1, 0.15) is 16.3 Å². The molecule has 138 valence electrons. The number of anilines is 2. The number of pyridine rings is 1. The first-order valence-electron chi connectivity index (χ1n) is 7.99. The molecular formula is C19H21ClN2O4. The van der Waals surface area contributed by atoms with Gasteiger partial charge in [-0.1, -0.05) is 23.7 Å². The summed E-state index contributed by atoms with van der Waals surface area (Å²) >= 11 is 5.91. The van der Waals surface area contributed by atoms with Crippen LogP contribution in [0, 0.1) is 0 Å². The summed E-state index contributed by atoms with van der Waals surface area (Å²) in [5.74, 6) is -0.801. The maximum absolute atomic E-state index is 11.9. The molecule has 0 radical (unpaired) electrons. The van der Waals surface area contributed by atoms with Gasteiger partial charge in [0.05, 0.1) is 19.2 Å². The summed E-state index contributed by atoms with van der Waals surface area (Å²) in [6.07, 6.45) is 1.54. The second-order valence-electron chi connectivity index (χ2n) is 6.63. The molecule has 0 aliphatic heterocycles. The van der Waals surface area contributed by atoms with E-state index in [1.54, 1.807) is 18.2 Å². The predicted octanol–water partition coefficient (Wildman–Crippen LogP) is 4.15. The lowest BCUT2D eigenvalue weighted by atomic mass is 10.1. The van der Waals surface area contributed by atoms with E-state index in [4.69, 9.17) is 21.1 Å². The summed E-state index contributed by atoms with van der Waals surface area (Å²) in [6.45, 7) is 5.49. The van der Waals surface area contributed by atoms with Crippen molar-refractivity contribution in [2.75, 3.05) is 12.4 Å². The summed E-state index contributed by atoms with van der Waals surface area (Å²) in [6, 6.07) is 8.77. The van der Waals surface area contributed by atoms with Crippen LogP contribution in [-0.2, 0) is 20.7 Å². The molecule has 0 spiro atoms. The molecule has 26 heavy (non-hydrogen) atoms. The van der Waals surface area contributed by atoms with Crippen molar-refractivity contribution in [3.8, 4) is 0 Å². The zero-order valence-corrected chi connectivity index (χ0v) is 15.9. The smallest absolute Gasteiger partial charge is 0.341 e. The van der Waals surface area contributed by atoms with Crippen LogP contribution in [-0.4, -0.2) is 29.6 Å². The molecule has 0 saturated heterocycles. The van der Waals surface area contributed by atoms with Crippen molar-refractivity contribution in [2.45, 2.75) is 32.8 Å². The molecule has 0 atom stereocenters. The third-order valence-electron chi connectivity index (χ3n) is 3.28. The van der Waals surface area contributed by atoms with E-state index >= 15 is 0 Å². The number of nitrogens with one attached hydrogen (secondary N) is 1. The summed E-state index contributed by atoms with van der Waals surface area (Å²) < 4.78 is 10.1. The standard InChI is InChI=1S/C19H21ClN2O4/c1-19(2,3)26-17(23)9-12-5-7-13(8-6-12)22-15-10-16(20)21-11-14(15)18(24)25-4/h5-8,10-11H,9H2,1-4H3,(H,21,22). The Labute approximate surface area is 157 Å². The fraction of sp³-hybridized carbons (Fsp3) is 0.316. The first-order chi connectivity index (χ1) is 12.2. The molecule has 0 aliphatic carbocycles. The Balaban J connectivity index is 2.11. The van der Waals surface area contributed by atoms with Gasteiger partial charge >= 0.3 is 11.9 Å². The number of carbonyl (C=O) groups excluding carboxylic acids is 2. The molecule has 6 nitrogen and oxygen atoms in total. The second kappa shape index (κ2) is 8.19. The highest BCUT2D eigenvalue weighted by Crippen LogP contribution is 2.24. The van der Waals surface area contributed by atoms with E-state index in [1.165, 1.54) is 13.3 Å². The highest BCUT2D eigenvalue weighted by Gasteiger charge is 2.17. The van der Waals surface area contributed by atoms with Gasteiger partial charge in [-0.2, -0.15) is 0 Å².